The van der Waals surface area contributed by atoms with Crippen LogP contribution in [0.3, 0.4) is 0 Å². The topological polar surface area (TPSA) is 61.2 Å². The lowest BCUT2D eigenvalue weighted by Gasteiger charge is -2.03. The van der Waals surface area contributed by atoms with Crippen LogP contribution in [-0.4, -0.2) is 30.6 Å². The zero-order valence-electron chi connectivity index (χ0n) is 8.55. The van der Waals surface area contributed by atoms with E-state index in [1.165, 1.54) is 0 Å². The van der Waals surface area contributed by atoms with Gasteiger partial charge in [0.2, 0.25) is 9.05 Å². The number of hydrogen-bond acceptors (Lipinski definition) is 4. The second-order valence-corrected chi connectivity index (χ2v) is 6.24. The summed E-state index contributed by atoms with van der Waals surface area (Å²) in [6, 6.07) is 0.249. The summed E-state index contributed by atoms with van der Waals surface area (Å²) in [5.41, 5.74) is 0. The number of ether oxygens (including phenoxy) is 1. The molecule has 0 aliphatic heterocycles. The Morgan fingerprint density at radius 2 is 2.27 bits per heavy atom. The Morgan fingerprint density at radius 3 is 2.73 bits per heavy atom. The first-order valence-corrected chi connectivity index (χ1v) is 6.95. The third-order valence-electron chi connectivity index (χ3n) is 1.70. The summed E-state index contributed by atoms with van der Waals surface area (Å²) in [5.74, 6) is 0.338. The van der Waals surface area contributed by atoms with Crippen LogP contribution in [0.15, 0.2) is 12.4 Å². The van der Waals surface area contributed by atoms with Crippen LogP contribution in [0.5, 0.6) is 5.75 Å². The van der Waals surface area contributed by atoms with E-state index >= 15 is 0 Å². The van der Waals surface area contributed by atoms with Gasteiger partial charge in [0.25, 0.3) is 0 Å². The third-order valence-corrected chi connectivity index (χ3v) is 2.82. The van der Waals surface area contributed by atoms with Crippen LogP contribution in [0.1, 0.15) is 19.9 Å². The molecule has 0 bridgehead atoms. The predicted octanol–water partition coefficient (Wildman–Crippen LogP) is 1.41. The first-order chi connectivity index (χ1) is 6.88. The van der Waals surface area contributed by atoms with Gasteiger partial charge in [0.05, 0.1) is 18.1 Å². The lowest BCUT2D eigenvalue weighted by Crippen LogP contribution is -2.08. The highest BCUT2D eigenvalue weighted by atomic mass is 35.7. The molecule has 1 aromatic rings. The molecule has 0 amide bonds. The van der Waals surface area contributed by atoms with Gasteiger partial charge >= 0.3 is 0 Å². The summed E-state index contributed by atoms with van der Waals surface area (Å²) in [6.07, 6.45) is 3.26. The molecule has 0 saturated heterocycles. The lowest BCUT2D eigenvalue weighted by atomic mass is 10.4. The molecule has 7 heteroatoms. The average molecular weight is 253 g/mol. The molecule has 0 radical (unpaired) electrons. The van der Waals surface area contributed by atoms with E-state index in [9.17, 15) is 8.42 Å². The molecule has 0 aliphatic rings. The molecule has 0 fully saturated rings. The standard InChI is InChI=1S/C8H13ClN2O3S/c1-7(2)11-6-8(5-10-11)14-3-4-15(9,12)13/h5-7H,3-4H2,1-2H3. The van der Waals surface area contributed by atoms with E-state index in [4.69, 9.17) is 15.4 Å². The van der Waals surface area contributed by atoms with Crippen LogP contribution in [-0.2, 0) is 9.05 Å². The number of halogens is 1. The van der Waals surface area contributed by atoms with Gasteiger partial charge in [-0.15, -0.1) is 0 Å². The van der Waals surface area contributed by atoms with Gasteiger partial charge in [0, 0.05) is 16.7 Å². The van der Waals surface area contributed by atoms with Crippen LogP contribution in [0, 0.1) is 0 Å². The Balaban J connectivity index is 2.45. The van der Waals surface area contributed by atoms with Gasteiger partial charge in [-0.05, 0) is 13.8 Å². The third kappa shape index (κ3) is 4.53. The lowest BCUT2D eigenvalue weighted by molar-refractivity contribution is 0.340. The normalized spacial score (nSPS) is 12.0. The van der Waals surface area contributed by atoms with Crippen LogP contribution in [0.25, 0.3) is 0 Å². The van der Waals surface area contributed by atoms with Crippen molar-refractivity contribution in [2.75, 3.05) is 12.4 Å². The van der Waals surface area contributed by atoms with E-state index in [-0.39, 0.29) is 18.4 Å². The first-order valence-electron chi connectivity index (χ1n) is 4.48. The molecule has 1 aromatic heterocycles. The minimum Gasteiger partial charge on any atom is -0.489 e. The minimum absolute atomic E-state index is 0.0373. The van der Waals surface area contributed by atoms with Gasteiger partial charge in [0.15, 0.2) is 5.75 Å². The summed E-state index contributed by atoms with van der Waals surface area (Å²) < 4.78 is 28.1. The van der Waals surface area contributed by atoms with Crippen LogP contribution < -0.4 is 4.74 Å². The van der Waals surface area contributed by atoms with Crippen LogP contribution in [0.2, 0.25) is 0 Å². The quantitative estimate of drug-likeness (QED) is 0.744. The van der Waals surface area contributed by atoms with Crippen molar-refractivity contribution in [1.82, 2.24) is 9.78 Å². The highest BCUT2D eigenvalue weighted by molar-refractivity contribution is 8.13. The van der Waals surface area contributed by atoms with Crippen molar-refractivity contribution < 1.29 is 13.2 Å². The smallest absolute Gasteiger partial charge is 0.235 e. The Bertz CT molecular complexity index is 413. The highest BCUT2D eigenvalue weighted by Crippen LogP contribution is 2.12. The van der Waals surface area contributed by atoms with E-state index in [2.05, 4.69) is 5.10 Å². The molecular formula is C8H13ClN2O3S. The second-order valence-electron chi connectivity index (χ2n) is 3.34. The zero-order valence-corrected chi connectivity index (χ0v) is 10.1. The van der Waals surface area contributed by atoms with Crippen molar-refractivity contribution in [1.29, 1.82) is 0 Å². The van der Waals surface area contributed by atoms with Crippen LogP contribution >= 0.6 is 10.7 Å². The molecule has 1 rings (SSSR count). The molecule has 86 valence electrons. The van der Waals surface area contributed by atoms with Crippen molar-refractivity contribution in [2.45, 2.75) is 19.9 Å². The van der Waals surface area contributed by atoms with Gasteiger partial charge in [0.1, 0.15) is 6.61 Å². The Labute approximate surface area is 93.4 Å². The Hall–Kier alpha value is -0.750. The fourth-order valence-corrected chi connectivity index (χ4v) is 1.41. The summed E-state index contributed by atoms with van der Waals surface area (Å²) in [5, 5.41) is 4.04. The van der Waals surface area contributed by atoms with Gasteiger partial charge < -0.3 is 4.74 Å². The molecule has 0 spiro atoms. The van der Waals surface area contributed by atoms with E-state index in [0.717, 1.165) is 0 Å². The van der Waals surface area contributed by atoms with Gasteiger partial charge in [-0.2, -0.15) is 5.10 Å². The van der Waals surface area contributed by atoms with Crippen molar-refractivity contribution in [3.8, 4) is 5.75 Å². The molecular weight excluding hydrogens is 240 g/mol. The molecule has 5 nitrogen and oxygen atoms in total. The van der Waals surface area contributed by atoms with Gasteiger partial charge in [-0.3, -0.25) is 4.68 Å². The van der Waals surface area contributed by atoms with Crippen molar-refractivity contribution >= 4 is 19.7 Å². The molecule has 0 aliphatic carbocycles. The van der Waals surface area contributed by atoms with E-state index in [0.29, 0.717) is 5.75 Å². The molecule has 0 atom stereocenters. The molecule has 15 heavy (non-hydrogen) atoms. The fraction of sp³-hybridized carbons (Fsp3) is 0.625. The molecule has 1 heterocycles. The number of hydrogen-bond donors (Lipinski definition) is 0. The minimum atomic E-state index is -3.48. The SMILES string of the molecule is CC(C)n1cc(OCCS(=O)(=O)Cl)cn1. The number of rotatable bonds is 5. The van der Waals surface area contributed by atoms with Gasteiger partial charge in [-0.25, -0.2) is 8.42 Å². The Kier molecular flexibility index (Phi) is 3.98. The number of aromatic nitrogens is 2. The monoisotopic (exact) mass is 252 g/mol. The predicted molar refractivity (Wildman–Crippen MR) is 57.7 cm³/mol. The highest BCUT2D eigenvalue weighted by Gasteiger charge is 2.07. The maximum Gasteiger partial charge on any atom is 0.235 e. The zero-order chi connectivity index (χ0) is 11.5. The van der Waals surface area contributed by atoms with E-state index in [1.807, 2.05) is 13.8 Å². The fourth-order valence-electron chi connectivity index (χ4n) is 0.937. The first kappa shape index (κ1) is 12.3. The van der Waals surface area contributed by atoms with E-state index < -0.39 is 9.05 Å². The molecule has 0 N–H and O–H groups in total. The summed E-state index contributed by atoms with van der Waals surface area (Å²) >= 11 is 0. The maximum absolute atomic E-state index is 10.6. The second kappa shape index (κ2) is 4.85. The van der Waals surface area contributed by atoms with Crippen molar-refractivity contribution in [3.63, 3.8) is 0 Å². The van der Waals surface area contributed by atoms with Crippen LogP contribution in [0.4, 0.5) is 0 Å². The number of nitrogens with zero attached hydrogens (tertiary/aromatic N) is 2. The van der Waals surface area contributed by atoms with Gasteiger partial charge in [-0.1, -0.05) is 0 Å². The van der Waals surface area contributed by atoms with E-state index in [1.54, 1.807) is 17.1 Å². The van der Waals surface area contributed by atoms with Crippen molar-refractivity contribution in [2.24, 2.45) is 0 Å². The largest absolute Gasteiger partial charge is 0.489 e. The summed E-state index contributed by atoms with van der Waals surface area (Å²) in [4.78, 5) is 0. The van der Waals surface area contributed by atoms with Crippen molar-refractivity contribution in [3.05, 3.63) is 12.4 Å². The molecule has 0 unspecified atom stereocenters. The average Bonchev–Trinajstić information content (AvgIpc) is 2.50. The molecule has 0 saturated carbocycles. The Morgan fingerprint density at radius 1 is 1.60 bits per heavy atom. The summed E-state index contributed by atoms with van der Waals surface area (Å²) in [6.45, 7) is 4.01. The molecule has 0 aromatic carbocycles. The maximum atomic E-state index is 10.6. The summed E-state index contributed by atoms with van der Waals surface area (Å²) in [7, 11) is 1.54.